The Kier molecular flexibility index (Phi) is 9.05. The monoisotopic (exact) mass is 411 g/mol. The van der Waals surface area contributed by atoms with Crippen molar-refractivity contribution in [3.63, 3.8) is 0 Å². The van der Waals surface area contributed by atoms with Gasteiger partial charge in [-0.1, -0.05) is 36.4 Å². The summed E-state index contributed by atoms with van der Waals surface area (Å²) in [7, 11) is 1.38. The molecule has 2 rings (SSSR count). The first kappa shape index (κ1) is 23.0. The average Bonchev–Trinajstić information content (AvgIpc) is 3.11. The largest absolute Gasteiger partial charge is 0.466 e. The number of hydrogen-bond donors (Lipinski definition) is 2. The zero-order valence-corrected chi connectivity index (χ0v) is 17.9. The molecule has 6 nitrogen and oxygen atoms in total. The number of hydrogen-bond acceptors (Lipinski definition) is 6. The first-order valence-electron chi connectivity index (χ1n) is 10.1. The minimum atomic E-state index is -1.23. The maximum absolute atomic E-state index is 11.4. The molecular weight excluding hydrogens is 378 g/mol. The van der Waals surface area contributed by atoms with Crippen molar-refractivity contribution in [2.45, 2.75) is 76.7 Å². The number of carbonyl (C=O) groups excluding carboxylic acids is 2. The summed E-state index contributed by atoms with van der Waals surface area (Å²) in [6, 6.07) is -0.314. The molecule has 2 heterocycles. The van der Waals surface area contributed by atoms with E-state index in [0.717, 1.165) is 44.1 Å². The summed E-state index contributed by atoms with van der Waals surface area (Å²) in [5.74, 6) is -0.557. The van der Waals surface area contributed by atoms with E-state index < -0.39 is 5.79 Å². The number of esters is 1. The van der Waals surface area contributed by atoms with Gasteiger partial charge in [0.25, 0.3) is 5.24 Å². The molecule has 0 spiro atoms. The van der Waals surface area contributed by atoms with Crippen LogP contribution in [-0.2, 0) is 14.3 Å². The molecule has 7 heteroatoms. The predicted octanol–water partition coefficient (Wildman–Crippen LogP) is 3.94. The van der Waals surface area contributed by atoms with Gasteiger partial charge in [-0.05, 0) is 51.4 Å². The third kappa shape index (κ3) is 7.26. The first-order chi connectivity index (χ1) is 13.3. The van der Waals surface area contributed by atoms with Gasteiger partial charge in [0, 0.05) is 18.2 Å². The number of allylic oxidation sites excluding steroid dienone is 3. The number of ether oxygens (including phenoxy) is 2. The molecular formula is C21H33NO5S. The van der Waals surface area contributed by atoms with Crippen LogP contribution in [0, 0.1) is 5.92 Å². The molecule has 0 saturated carbocycles. The summed E-state index contributed by atoms with van der Waals surface area (Å²) in [6.45, 7) is 4.11. The number of amides is 1. The molecule has 2 aliphatic heterocycles. The van der Waals surface area contributed by atoms with Crippen LogP contribution in [0.4, 0.5) is 4.79 Å². The maximum atomic E-state index is 11.4. The lowest BCUT2D eigenvalue weighted by atomic mass is 9.92. The van der Waals surface area contributed by atoms with Crippen LogP contribution in [0.2, 0.25) is 0 Å². The summed E-state index contributed by atoms with van der Waals surface area (Å²) >= 11 is 1.21. The highest BCUT2D eigenvalue weighted by Crippen LogP contribution is 2.35. The van der Waals surface area contributed by atoms with Gasteiger partial charge in [-0.15, -0.1) is 0 Å². The highest BCUT2D eigenvalue weighted by molar-refractivity contribution is 8.14. The van der Waals surface area contributed by atoms with Crippen LogP contribution in [0.3, 0.4) is 0 Å². The van der Waals surface area contributed by atoms with Gasteiger partial charge in [0.15, 0.2) is 5.79 Å². The number of carbonyl (C=O) groups is 2. The molecule has 0 aromatic rings. The van der Waals surface area contributed by atoms with Gasteiger partial charge >= 0.3 is 5.97 Å². The summed E-state index contributed by atoms with van der Waals surface area (Å²) in [5.41, 5.74) is 1.01. The Hall–Kier alpha value is -1.31. The van der Waals surface area contributed by atoms with E-state index >= 15 is 0 Å². The molecule has 2 fully saturated rings. The van der Waals surface area contributed by atoms with Gasteiger partial charge in [0.2, 0.25) is 0 Å². The molecule has 2 saturated heterocycles. The van der Waals surface area contributed by atoms with Crippen molar-refractivity contribution in [3.05, 3.63) is 23.8 Å². The van der Waals surface area contributed by atoms with Gasteiger partial charge in [0.1, 0.15) is 0 Å². The Balaban J connectivity index is 1.70. The Labute approximate surface area is 172 Å². The number of aliphatic hydroxyl groups is 1. The molecule has 2 aliphatic rings. The van der Waals surface area contributed by atoms with E-state index in [1.807, 2.05) is 6.92 Å². The second kappa shape index (κ2) is 11.0. The zero-order chi connectivity index (χ0) is 20.6. The van der Waals surface area contributed by atoms with Crippen LogP contribution < -0.4 is 5.32 Å². The van der Waals surface area contributed by atoms with E-state index in [1.165, 1.54) is 24.9 Å². The lowest BCUT2D eigenvalue weighted by Crippen LogP contribution is -2.55. The molecule has 28 heavy (non-hydrogen) atoms. The standard InChI is InChI=1S/C21H33NO5S/c1-15(7-4-5-8-16(2)13-19(23)26-3)10-11-17-9-6-12-21(25,27-17)18-14-28-20(24)22-18/h4,7,13,15,17-18,25H,5-6,8-12,14H2,1-3H3,(H,22,24)/t15-,17+,18+,21-/m1/s1. The lowest BCUT2D eigenvalue weighted by molar-refractivity contribution is -0.264. The molecule has 0 unspecified atom stereocenters. The van der Waals surface area contributed by atoms with Crippen molar-refractivity contribution in [1.82, 2.24) is 5.32 Å². The summed E-state index contributed by atoms with van der Waals surface area (Å²) in [4.78, 5) is 22.6. The zero-order valence-electron chi connectivity index (χ0n) is 17.1. The number of rotatable bonds is 9. The lowest BCUT2D eigenvalue weighted by Gasteiger charge is -2.40. The summed E-state index contributed by atoms with van der Waals surface area (Å²) in [5, 5.41) is 13.6. The van der Waals surface area contributed by atoms with Gasteiger partial charge in [-0.3, -0.25) is 4.79 Å². The maximum Gasteiger partial charge on any atom is 0.330 e. The van der Waals surface area contributed by atoms with E-state index in [9.17, 15) is 14.7 Å². The Bertz CT molecular complexity index is 606. The van der Waals surface area contributed by atoms with E-state index in [0.29, 0.717) is 18.1 Å². The Morgan fingerprint density at radius 1 is 1.54 bits per heavy atom. The van der Waals surface area contributed by atoms with Gasteiger partial charge < -0.3 is 19.9 Å². The van der Waals surface area contributed by atoms with Crippen LogP contribution in [-0.4, -0.2) is 47.1 Å². The third-order valence-electron chi connectivity index (χ3n) is 5.33. The molecule has 158 valence electrons. The predicted molar refractivity (Wildman–Crippen MR) is 111 cm³/mol. The molecule has 0 aromatic carbocycles. The summed E-state index contributed by atoms with van der Waals surface area (Å²) in [6.07, 6.45) is 12.0. The van der Waals surface area contributed by atoms with Gasteiger partial charge in [0.05, 0.1) is 19.3 Å². The molecule has 0 bridgehead atoms. The van der Waals surface area contributed by atoms with Crippen LogP contribution in [0.5, 0.6) is 0 Å². The minimum Gasteiger partial charge on any atom is -0.466 e. The highest BCUT2D eigenvalue weighted by Gasteiger charge is 2.45. The smallest absolute Gasteiger partial charge is 0.330 e. The van der Waals surface area contributed by atoms with Crippen LogP contribution in [0.25, 0.3) is 0 Å². The van der Waals surface area contributed by atoms with Crippen molar-refractivity contribution in [1.29, 1.82) is 0 Å². The minimum absolute atomic E-state index is 0.0299. The van der Waals surface area contributed by atoms with E-state index in [2.05, 4.69) is 29.1 Å². The molecule has 1 amide bonds. The van der Waals surface area contributed by atoms with Crippen molar-refractivity contribution in [2.24, 2.45) is 5.92 Å². The SMILES string of the molecule is COC(=O)C=C(C)CCC=C[C@@H](C)CC[C@@H]1CCC[C@](O)([C@@H]2CSC(=O)N2)O1. The van der Waals surface area contributed by atoms with Crippen LogP contribution >= 0.6 is 11.8 Å². The van der Waals surface area contributed by atoms with Crippen LogP contribution in [0.1, 0.15) is 58.8 Å². The highest BCUT2D eigenvalue weighted by atomic mass is 32.2. The molecule has 4 atom stereocenters. The fourth-order valence-electron chi connectivity index (χ4n) is 3.59. The number of methoxy groups -OCH3 is 1. The number of thioether (sulfide) groups is 1. The van der Waals surface area contributed by atoms with Crippen molar-refractivity contribution in [2.75, 3.05) is 12.9 Å². The van der Waals surface area contributed by atoms with Gasteiger partial charge in [-0.25, -0.2) is 4.79 Å². The Morgan fingerprint density at radius 3 is 3.00 bits per heavy atom. The molecule has 0 aromatic heterocycles. The second-order valence-corrected chi connectivity index (χ2v) is 8.80. The fraction of sp³-hybridized carbons (Fsp3) is 0.714. The molecule has 0 radical (unpaired) electrons. The average molecular weight is 412 g/mol. The van der Waals surface area contributed by atoms with Crippen molar-refractivity contribution >= 4 is 23.0 Å². The van der Waals surface area contributed by atoms with Crippen molar-refractivity contribution in [3.8, 4) is 0 Å². The van der Waals surface area contributed by atoms with Crippen LogP contribution in [0.15, 0.2) is 23.8 Å². The summed E-state index contributed by atoms with van der Waals surface area (Å²) < 4.78 is 10.6. The van der Waals surface area contributed by atoms with E-state index in [4.69, 9.17) is 4.74 Å². The van der Waals surface area contributed by atoms with Gasteiger partial charge in [-0.2, -0.15) is 0 Å². The Morgan fingerprint density at radius 2 is 2.32 bits per heavy atom. The molecule has 2 N–H and O–H groups in total. The van der Waals surface area contributed by atoms with Crippen molar-refractivity contribution < 1.29 is 24.2 Å². The van der Waals surface area contributed by atoms with E-state index in [1.54, 1.807) is 0 Å². The quantitative estimate of drug-likeness (QED) is 0.340. The normalized spacial score (nSPS) is 29.7. The van der Waals surface area contributed by atoms with E-state index in [-0.39, 0.29) is 23.4 Å². The fourth-order valence-corrected chi connectivity index (χ4v) is 4.48. The topological polar surface area (TPSA) is 84.9 Å². The third-order valence-corrected chi connectivity index (χ3v) is 6.21. The molecule has 0 aliphatic carbocycles. The number of nitrogens with one attached hydrogen (secondary N) is 1. The second-order valence-electron chi connectivity index (χ2n) is 7.81. The first-order valence-corrected chi connectivity index (χ1v) is 11.1.